The zero-order valence-corrected chi connectivity index (χ0v) is 21.1. The van der Waals surface area contributed by atoms with Crippen LogP contribution in [-0.4, -0.2) is 44.9 Å². The van der Waals surface area contributed by atoms with Crippen molar-refractivity contribution in [2.75, 3.05) is 24.5 Å². The highest BCUT2D eigenvalue weighted by Gasteiger charge is 2.34. The summed E-state index contributed by atoms with van der Waals surface area (Å²) in [6.45, 7) is 2.63. The maximum atomic E-state index is 14.9. The highest BCUT2D eigenvalue weighted by molar-refractivity contribution is 6.32. The molecular formula is C28H27ClFN5O2. The van der Waals surface area contributed by atoms with Crippen LogP contribution in [0.1, 0.15) is 12.8 Å². The van der Waals surface area contributed by atoms with Gasteiger partial charge in [0.15, 0.2) is 0 Å². The van der Waals surface area contributed by atoms with Crippen molar-refractivity contribution >= 4 is 17.4 Å². The number of phenolic OH excluding ortho intramolecular Hbond substituents is 1. The zero-order chi connectivity index (χ0) is 25.7. The molecule has 3 heterocycles. The molecule has 2 aromatic heterocycles. The number of imidazole rings is 1. The summed E-state index contributed by atoms with van der Waals surface area (Å²) >= 11 is 6.53. The van der Waals surface area contributed by atoms with Gasteiger partial charge in [-0.25, -0.2) is 14.2 Å². The van der Waals surface area contributed by atoms with Crippen molar-refractivity contribution in [2.45, 2.75) is 18.9 Å². The number of nitrogens with one attached hydrogen (secondary N) is 1. The number of hydrogen-bond donors (Lipinski definition) is 2. The van der Waals surface area contributed by atoms with E-state index in [-0.39, 0.29) is 11.4 Å². The highest BCUT2D eigenvalue weighted by atomic mass is 35.5. The maximum absolute atomic E-state index is 14.9. The number of pyridine rings is 1. The number of halogens is 2. The molecule has 2 fully saturated rings. The second kappa shape index (κ2) is 9.36. The number of hydrogen-bond acceptors (Lipinski definition) is 5. The number of nitrogens with zero attached hydrogens (tertiary/aromatic N) is 4. The van der Waals surface area contributed by atoms with Crippen molar-refractivity contribution in [2.24, 2.45) is 13.0 Å². The lowest BCUT2D eigenvalue weighted by Crippen LogP contribution is -2.52. The van der Waals surface area contributed by atoms with E-state index in [9.17, 15) is 14.3 Å². The van der Waals surface area contributed by atoms with Crippen LogP contribution in [0.2, 0.25) is 5.02 Å². The first-order valence-corrected chi connectivity index (χ1v) is 12.8. The minimum Gasteiger partial charge on any atom is -0.507 e. The molecule has 6 rings (SSSR count). The molecule has 1 saturated heterocycles. The lowest BCUT2D eigenvalue weighted by atomic mass is 9.97. The Kier molecular flexibility index (Phi) is 6.01. The predicted molar refractivity (Wildman–Crippen MR) is 143 cm³/mol. The average Bonchev–Trinajstić information content (AvgIpc) is 3.71. The summed E-state index contributed by atoms with van der Waals surface area (Å²) in [5.74, 6) is 1.03. The second-order valence-corrected chi connectivity index (χ2v) is 10.2. The smallest absolute Gasteiger partial charge is 0.332 e. The summed E-state index contributed by atoms with van der Waals surface area (Å²) in [6, 6.07) is 11.8. The van der Waals surface area contributed by atoms with Crippen LogP contribution >= 0.6 is 11.6 Å². The first kappa shape index (κ1) is 23.8. The number of aryl methyl sites for hydroxylation is 1. The number of anilines is 1. The van der Waals surface area contributed by atoms with E-state index in [4.69, 9.17) is 11.6 Å². The quantitative estimate of drug-likeness (QED) is 0.403. The third kappa shape index (κ3) is 4.51. The number of rotatable bonds is 5. The molecule has 4 aromatic rings. The number of piperazine rings is 1. The van der Waals surface area contributed by atoms with Gasteiger partial charge < -0.3 is 19.9 Å². The van der Waals surface area contributed by atoms with Gasteiger partial charge in [0.1, 0.15) is 17.4 Å². The van der Waals surface area contributed by atoms with Crippen molar-refractivity contribution in [1.29, 1.82) is 0 Å². The van der Waals surface area contributed by atoms with E-state index < -0.39 is 5.82 Å². The number of aromatic nitrogens is 3. The fourth-order valence-corrected chi connectivity index (χ4v) is 5.39. The third-order valence-corrected chi connectivity index (χ3v) is 7.62. The van der Waals surface area contributed by atoms with Gasteiger partial charge in [0.25, 0.3) is 0 Å². The first-order valence-electron chi connectivity index (χ1n) is 12.4. The van der Waals surface area contributed by atoms with E-state index in [1.165, 1.54) is 34.1 Å². The normalized spacial score (nSPS) is 17.8. The first-order chi connectivity index (χ1) is 17.9. The van der Waals surface area contributed by atoms with Gasteiger partial charge in [0.05, 0.1) is 10.7 Å². The van der Waals surface area contributed by atoms with E-state index in [0.717, 1.165) is 31.4 Å². The van der Waals surface area contributed by atoms with Gasteiger partial charge in [0.2, 0.25) is 0 Å². The largest absolute Gasteiger partial charge is 0.507 e. The van der Waals surface area contributed by atoms with Crippen LogP contribution in [0.25, 0.3) is 27.9 Å². The summed E-state index contributed by atoms with van der Waals surface area (Å²) in [5, 5.41) is 15.2. The Morgan fingerprint density at radius 2 is 1.84 bits per heavy atom. The Hall–Kier alpha value is -3.62. The molecule has 1 aliphatic heterocycles. The molecule has 1 atom stereocenters. The van der Waals surface area contributed by atoms with Crippen molar-refractivity contribution in [3.8, 4) is 33.7 Å². The molecule has 0 amide bonds. The molecule has 9 heteroatoms. The molecule has 2 N–H and O–H groups in total. The van der Waals surface area contributed by atoms with Crippen molar-refractivity contribution < 1.29 is 9.50 Å². The van der Waals surface area contributed by atoms with Crippen LogP contribution in [0, 0.1) is 11.7 Å². The number of benzene rings is 2. The Labute approximate surface area is 218 Å². The zero-order valence-electron chi connectivity index (χ0n) is 20.4. The fraction of sp³-hybridized carbons (Fsp3) is 0.286. The summed E-state index contributed by atoms with van der Waals surface area (Å²) in [6.07, 6.45) is 7.52. The molecule has 7 nitrogen and oxygen atoms in total. The molecule has 1 aliphatic carbocycles. The monoisotopic (exact) mass is 519 g/mol. The SMILES string of the molecule is Cn1ccn(-c2ccc(-c3cc(F)cc(-c4ccnc(N5CCNC(C6CC6)C5)c4)c3O)cc2Cl)c1=O. The molecule has 0 bridgehead atoms. The van der Waals surface area contributed by atoms with Crippen LogP contribution in [0.4, 0.5) is 10.2 Å². The van der Waals surface area contributed by atoms with Crippen LogP contribution < -0.4 is 15.9 Å². The lowest BCUT2D eigenvalue weighted by molar-refractivity contribution is 0.417. The van der Waals surface area contributed by atoms with E-state index in [0.29, 0.717) is 39.0 Å². The minimum atomic E-state index is -0.475. The summed E-state index contributed by atoms with van der Waals surface area (Å²) in [7, 11) is 1.66. The Morgan fingerprint density at radius 3 is 2.51 bits per heavy atom. The van der Waals surface area contributed by atoms with Crippen LogP contribution in [-0.2, 0) is 7.05 Å². The number of phenols is 1. The van der Waals surface area contributed by atoms with Crippen LogP contribution in [0.5, 0.6) is 5.75 Å². The van der Waals surface area contributed by atoms with Gasteiger partial charge >= 0.3 is 5.69 Å². The highest BCUT2D eigenvalue weighted by Crippen LogP contribution is 2.41. The Bertz CT molecular complexity index is 1540. The molecule has 190 valence electrons. The standard InChI is InChI=1S/C28H27ClFN5O2/c1-33-10-11-35(28(33)37)25-5-4-18(12-23(25)29)21-14-20(30)15-22(27(21)36)19-6-7-32-26(13-19)34-9-8-31-24(16-34)17-2-3-17/h4-7,10-15,17,24,31,36H,2-3,8-9,16H2,1H3. The van der Waals surface area contributed by atoms with Gasteiger partial charge in [-0.15, -0.1) is 0 Å². The predicted octanol–water partition coefficient (Wildman–Crippen LogP) is 4.59. The summed E-state index contributed by atoms with van der Waals surface area (Å²) < 4.78 is 17.7. The average molecular weight is 520 g/mol. The van der Waals surface area contributed by atoms with E-state index in [1.807, 2.05) is 6.07 Å². The van der Waals surface area contributed by atoms with Gasteiger partial charge in [0, 0.05) is 62.4 Å². The van der Waals surface area contributed by atoms with Gasteiger partial charge in [-0.3, -0.25) is 4.57 Å². The second-order valence-electron chi connectivity index (χ2n) is 9.82. The minimum absolute atomic E-state index is 0.0459. The Morgan fingerprint density at radius 1 is 1.08 bits per heavy atom. The molecule has 0 spiro atoms. The molecule has 2 aliphatic rings. The van der Waals surface area contributed by atoms with Crippen molar-refractivity contribution in [3.05, 3.63) is 82.4 Å². The molecule has 37 heavy (non-hydrogen) atoms. The van der Waals surface area contributed by atoms with Crippen molar-refractivity contribution in [1.82, 2.24) is 19.4 Å². The van der Waals surface area contributed by atoms with Gasteiger partial charge in [-0.2, -0.15) is 0 Å². The molecule has 2 aromatic carbocycles. The van der Waals surface area contributed by atoms with Gasteiger partial charge in [-0.1, -0.05) is 17.7 Å². The summed E-state index contributed by atoms with van der Waals surface area (Å²) in [5.41, 5.74) is 2.20. The van der Waals surface area contributed by atoms with E-state index in [2.05, 4.69) is 15.2 Å². The maximum Gasteiger partial charge on any atom is 0.332 e. The van der Waals surface area contributed by atoms with Crippen LogP contribution in [0.3, 0.4) is 0 Å². The topological polar surface area (TPSA) is 75.3 Å². The van der Waals surface area contributed by atoms with Crippen molar-refractivity contribution in [3.63, 3.8) is 0 Å². The molecule has 1 saturated carbocycles. The van der Waals surface area contributed by atoms with Gasteiger partial charge in [-0.05, 0) is 66.3 Å². The Balaban J connectivity index is 1.35. The fourth-order valence-electron chi connectivity index (χ4n) is 5.12. The lowest BCUT2D eigenvalue weighted by Gasteiger charge is -2.34. The number of aromatic hydroxyl groups is 1. The third-order valence-electron chi connectivity index (χ3n) is 7.32. The molecular weight excluding hydrogens is 493 g/mol. The molecule has 0 radical (unpaired) electrons. The summed E-state index contributed by atoms with van der Waals surface area (Å²) in [4.78, 5) is 19.2. The van der Waals surface area contributed by atoms with Crippen LogP contribution in [0.15, 0.2) is 65.8 Å². The van der Waals surface area contributed by atoms with E-state index in [1.54, 1.807) is 49.9 Å². The van der Waals surface area contributed by atoms with E-state index >= 15 is 0 Å². The molecule has 1 unspecified atom stereocenters.